The van der Waals surface area contributed by atoms with E-state index < -0.39 is 0 Å². The molecule has 1 atom stereocenters. The summed E-state index contributed by atoms with van der Waals surface area (Å²) in [4.78, 5) is 24.1. The Morgan fingerprint density at radius 1 is 1.22 bits per heavy atom. The van der Waals surface area contributed by atoms with Gasteiger partial charge in [-0.3, -0.25) is 9.59 Å². The minimum absolute atomic E-state index is 0.211. The monoisotopic (exact) mass is 392 g/mol. The number of carbonyl (C=O) groups is 2. The van der Waals surface area contributed by atoms with Crippen LogP contribution in [0.1, 0.15) is 37.0 Å². The second-order valence-corrected chi connectivity index (χ2v) is 6.87. The Kier molecular flexibility index (Phi) is 7.66. The van der Waals surface area contributed by atoms with Crippen LogP contribution in [0, 0.1) is 0 Å². The van der Waals surface area contributed by atoms with Crippen molar-refractivity contribution in [2.75, 3.05) is 13.7 Å². The Hall–Kier alpha value is -2.55. The van der Waals surface area contributed by atoms with Crippen molar-refractivity contribution in [1.82, 2.24) is 20.1 Å². The molecule has 1 aromatic carbocycles. The normalized spacial score (nSPS) is 11.7. The van der Waals surface area contributed by atoms with Crippen molar-refractivity contribution < 1.29 is 19.1 Å². The molecule has 0 unspecified atom stereocenters. The minimum atomic E-state index is -0.388. The van der Waals surface area contributed by atoms with E-state index in [0.29, 0.717) is 35.4 Å². The van der Waals surface area contributed by atoms with Crippen molar-refractivity contribution in [1.29, 1.82) is 0 Å². The summed E-state index contributed by atoms with van der Waals surface area (Å²) in [5.41, 5.74) is 0.531. The number of benzene rings is 1. The number of hydrogen-bond donors (Lipinski definition) is 1. The highest BCUT2D eigenvalue weighted by atomic mass is 32.2. The van der Waals surface area contributed by atoms with Crippen LogP contribution in [0.15, 0.2) is 29.4 Å². The van der Waals surface area contributed by atoms with Crippen molar-refractivity contribution in [3.63, 3.8) is 0 Å². The molecule has 0 aliphatic heterocycles. The number of ether oxygens (including phenoxy) is 2. The van der Waals surface area contributed by atoms with Crippen molar-refractivity contribution in [2.45, 2.75) is 44.3 Å². The number of rotatable bonds is 9. The average Bonchev–Trinajstić information content (AvgIpc) is 3.07. The SMILES string of the molecule is CCOC(=O)[C@H](C)Sc1nnc(CNC(=O)c2ccc(OC)cc2)n1CC. The molecule has 0 spiro atoms. The first-order chi connectivity index (χ1) is 13.0. The Labute approximate surface area is 162 Å². The van der Waals surface area contributed by atoms with Gasteiger partial charge in [-0.05, 0) is 45.0 Å². The van der Waals surface area contributed by atoms with Gasteiger partial charge in [-0.2, -0.15) is 0 Å². The summed E-state index contributed by atoms with van der Waals surface area (Å²) in [5, 5.41) is 11.3. The first kappa shape index (κ1) is 20.8. The van der Waals surface area contributed by atoms with Crippen LogP contribution in [-0.2, 0) is 22.6 Å². The second-order valence-electron chi connectivity index (χ2n) is 5.57. The van der Waals surface area contributed by atoms with E-state index in [1.807, 2.05) is 11.5 Å². The Bertz CT molecular complexity index is 776. The predicted molar refractivity (Wildman–Crippen MR) is 102 cm³/mol. The maximum absolute atomic E-state index is 12.3. The highest BCUT2D eigenvalue weighted by molar-refractivity contribution is 8.00. The topological polar surface area (TPSA) is 95.3 Å². The van der Waals surface area contributed by atoms with Crippen molar-refractivity contribution in [2.24, 2.45) is 0 Å². The molecule has 0 aliphatic rings. The molecule has 2 rings (SSSR count). The Morgan fingerprint density at radius 2 is 1.93 bits per heavy atom. The number of nitrogens with zero attached hydrogens (tertiary/aromatic N) is 3. The van der Waals surface area contributed by atoms with E-state index >= 15 is 0 Å². The lowest BCUT2D eigenvalue weighted by Gasteiger charge is -2.11. The van der Waals surface area contributed by atoms with Gasteiger partial charge in [0.25, 0.3) is 5.91 Å². The van der Waals surface area contributed by atoms with Gasteiger partial charge in [0.1, 0.15) is 11.0 Å². The van der Waals surface area contributed by atoms with Crippen LogP contribution in [0.5, 0.6) is 5.75 Å². The molecule has 0 bridgehead atoms. The van der Waals surface area contributed by atoms with E-state index in [2.05, 4.69) is 15.5 Å². The number of methoxy groups -OCH3 is 1. The molecular formula is C18H24N4O4S. The van der Waals surface area contributed by atoms with Crippen LogP contribution in [0.25, 0.3) is 0 Å². The summed E-state index contributed by atoms with van der Waals surface area (Å²) in [6, 6.07) is 6.85. The molecule has 0 radical (unpaired) electrons. The van der Waals surface area contributed by atoms with E-state index in [-0.39, 0.29) is 23.7 Å². The predicted octanol–water partition coefficient (Wildman–Crippen LogP) is 2.28. The van der Waals surface area contributed by atoms with Crippen LogP contribution in [0.3, 0.4) is 0 Å². The molecular weight excluding hydrogens is 368 g/mol. The lowest BCUT2D eigenvalue weighted by Crippen LogP contribution is -2.25. The fourth-order valence-corrected chi connectivity index (χ4v) is 3.25. The fourth-order valence-electron chi connectivity index (χ4n) is 2.32. The Balaban J connectivity index is 2.01. The highest BCUT2D eigenvalue weighted by Crippen LogP contribution is 2.23. The lowest BCUT2D eigenvalue weighted by molar-refractivity contribution is -0.142. The number of carbonyl (C=O) groups excluding carboxylic acids is 2. The highest BCUT2D eigenvalue weighted by Gasteiger charge is 2.20. The fraction of sp³-hybridized carbons (Fsp3) is 0.444. The van der Waals surface area contributed by atoms with Crippen LogP contribution in [0.4, 0.5) is 0 Å². The van der Waals surface area contributed by atoms with Gasteiger partial charge in [0.15, 0.2) is 11.0 Å². The number of amides is 1. The smallest absolute Gasteiger partial charge is 0.319 e. The maximum atomic E-state index is 12.3. The van der Waals surface area contributed by atoms with E-state index in [1.165, 1.54) is 11.8 Å². The second kappa shape index (κ2) is 9.96. The van der Waals surface area contributed by atoms with Gasteiger partial charge in [-0.15, -0.1) is 10.2 Å². The van der Waals surface area contributed by atoms with E-state index in [4.69, 9.17) is 9.47 Å². The average molecular weight is 392 g/mol. The number of hydrogen-bond acceptors (Lipinski definition) is 7. The maximum Gasteiger partial charge on any atom is 0.319 e. The minimum Gasteiger partial charge on any atom is -0.497 e. The van der Waals surface area contributed by atoms with Gasteiger partial charge in [0.2, 0.25) is 0 Å². The quantitative estimate of drug-likeness (QED) is 0.517. The van der Waals surface area contributed by atoms with E-state index in [9.17, 15) is 9.59 Å². The molecule has 27 heavy (non-hydrogen) atoms. The van der Waals surface area contributed by atoms with Crippen LogP contribution >= 0.6 is 11.8 Å². The summed E-state index contributed by atoms with van der Waals surface area (Å²) in [6.45, 7) is 6.69. The summed E-state index contributed by atoms with van der Waals surface area (Å²) in [5.74, 6) is 0.812. The van der Waals surface area contributed by atoms with Crippen molar-refractivity contribution >= 4 is 23.6 Å². The standard InChI is InChI=1S/C18H24N4O4S/c1-5-22-15(20-21-18(22)27-12(3)17(24)26-6-2)11-19-16(23)13-7-9-14(25-4)10-8-13/h7-10,12H,5-6,11H2,1-4H3,(H,19,23)/t12-/m0/s1. The van der Waals surface area contributed by atoms with E-state index in [0.717, 1.165) is 0 Å². The summed E-state index contributed by atoms with van der Waals surface area (Å²) >= 11 is 1.29. The Morgan fingerprint density at radius 3 is 2.52 bits per heavy atom. The number of nitrogens with one attached hydrogen (secondary N) is 1. The number of thioether (sulfide) groups is 1. The van der Waals surface area contributed by atoms with Crippen LogP contribution in [-0.4, -0.2) is 45.6 Å². The van der Waals surface area contributed by atoms with Crippen molar-refractivity contribution in [3.8, 4) is 5.75 Å². The molecule has 0 fully saturated rings. The molecule has 8 nitrogen and oxygen atoms in total. The number of esters is 1. The van der Waals surface area contributed by atoms with Crippen LogP contribution in [0.2, 0.25) is 0 Å². The van der Waals surface area contributed by atoms with Gasteiger partial charge in [0, 0.05) is 12.1 Å². The van der Waals surface area contributed by atoms with Gasteiger partial charge < -0.3 is 19.4 Å². The van der Waals surface area contributed by atoms with Gasteiger partial charge in [-0.25, -0.2) is 0 Å². The van der Waals surface area contributed by atoms with Gasteiger partial charge >= 0.3 is 5.97 Å². The third kappa shape index (κ3) is 5.46. The zero-order valence-corrected chi connectivity index (χ0v) is 16.7. The molecule has 2 aromatic rings. The zero-order valence-electron chi connectivity index (χ0n) is 15.9. The molecule has 1 aromatic heterocycles. The number of aromatic nitrogens is 3. The third-order valence-corrected chi connectivity index (χ3v) is 4.83. The first-order valence-electron chi connectivity index (χ1n) is 8.67. The molecule has 9 heteroatoms. The molecule has 1 amide bonds. The molecule has 0 saturated carbocycles. The van der Waals surface area contributed by atoms with Crippen molar-refractivity contribution in [3.05, 3.63) is 35.7 Å². The van der Waals surface area contributed by atoms with Crippen LogP contribution < -0.4 is 10.1 Å². The molecule has 1 N–H and O–H groups in total. The molecule has 0 saturated heterocycles. The zero-order chi connectivity index (χ0) is 19.8. The molecule has 1 heterocycles. The van der Waals surface area contributed by atoms with Gasteiger partial charge in [-0.1, -0.05) is 11.8 Å². The first-order valence-corrected chi connectivity index (χ1v) is 9.55. The third-order valence-electron chi connectivity index (χ3n) is 3.77. The van der Waals surface area contributed by atoms with Gasteiger partial charge in [0.05, 0.1) is 20.3 Å². The summed E-state index contributed by atoms with van der Waals surface area (Å²) in [7, 11) is 1.57. The molecule has 146 valence electrons. The lowest BCUT2D eigenvalue weighted by atomic mass is 10.2. The summed E-state index contributed by atoms with van der Waals surface area (Å²) in [6.07, 6.45) is 0. The largest absolute Gasteiger partial charge is 0.497 e. The summed E-state index contributed by atoms with van der Waals surface area (Å²) < 4.78 is 12.0. The molecule has 0 aliphatic carbocycles. The van der Waals surface area contributed by atoms with E-state index in [1.54, 1.807) is 45.2 Å².